The largest absolute Gasteiger partial charge is 0.485 e. The molecular weight excluding hydrogens is 364 g/mol. The van der Waals surface area contributed by atoms with Gasteiger partial charge in [-0.3, -0.25) is 4.79 Å². The van der Waals surface area contributed by atoms with Crippen LogP contribution in [0.4, 0.5) is 0 Å². The Morgan fingerprint density at radius 3 is 2.59 bits per heavy atom. The summed E-state index contributed by atoms with van der Waals surface area (Å²) < 4.78 is 13.3. The average molecular weight is 391 g/mol. The average Bonchev–Trinajstić information content (AvgIpc) is 3.08. The number of benzene rings is 1. The van der Waals surface area contributed by atoms with Gasteiger partial charge in [-0.05, 0) is 31.9 Å². The molecule has 1 fully saturated rings. The van der Waals surface area contributed by atoms with Crippen LogP contribution in [-0.2, 0) is 22.7 Å². The Labute approximate surface area is 164 Å². The van der Waals surface area contributed by atoms with Crippen LogP contribution in [0.3, 0.4) is 0 Å². The number of nitrogens with zero attached hydrogens (tertiary/aromatic N) is 4. The molecule has 0 aliphatic carbocycles. The van der Waals surface area contributed by atoms with Gasteiger partial charge in [-0.25, -0.2) is 0 Å². The molecule has 1 aliphatic rings. The topological polar surface area (TPSA) is 69.5 Å². The highest BCUT2D eigenvalue weighted by Gasteiger charge is 2.19. The van der Waals surface area contributed by atoms with Gasteiger partial charge >= 0.3 is 0 Å². The number of hydrogen-bond acceptors (Lipinski definition) is 6. The van der Waals surface area contributed by atoms with Gasteiger partial charge < -0.3 is 18.9 Å². The molecule has 3 rings (SSSR count). The standard InChI is InChI=1S/C19H26N4O3S/c1-4-23-16(12-26-18-14(2)6-5-7-15(18)3)20-21-19(23)27-13-17(24)22-8-10-25-11-9-22/h5-7H,4,8-13H2,1-3H3. The van der Waals surface area contributed by atoms with Crippen LogP contribution in [0.25, 0.3) is 0 Å². The maximum absolute atomic E-state index is 12.3. The van der Waals surface area contributed by atoms with Crippen LogP contribution in [0, 0.1) is 13.8 Å². The predicted octanol–water partition coefficient (Wildman–Crippen LogP) is 2.44. The number of amides is 1. The molecule has 0 saturated carbocycles. The molecule has 2 heterocycles. The fraction of sp³-hybridized carbons (Fsp3) is 0.526. The second-order valence-electron chi connectivity index (χ2n) is 6.43. The fourth-order valence-corrected chi connectivity index (χ4v) is 3.97. The zero-order chi connectivity index (χ0) is 19.2. The van der Waals surface area contributed by atoms with Crippen molar-refractivity contribution < 1.29 is 14.3 Å². The third-order valence-corrected chi connectivity index (χ3v) is 5.50. The quantitative estimate of drug-likeness (QED) is 0.677. The van der Waals surface area contributed by atoms with E-state index in [2.05, 4.69) is 10.2 Å². The molecule has 1 aromatic carbocycles. The molecular formula is C19H26N4O3S. The third kappa shape index (κ3) is 4.81. The van der Waals surface area contributed by atoms with E-state index in [9.17, 15) is 4.79 Å². The van der Waals surface area contributed by atoms with Crippen molar-refractivity contribution >= 4 is 17.7 Å². The molecule has 0 N–H and O–H groups in total. The number of carbonyl (C=O) groups excluding carboxylic acids is 1. The van der Waals surface area contributed by atoms with Crippen molar-refractivity contribution in [2.45, 2.75) is 39.1 Å². The maximum atomic E-state index is 12.3. The van der Waals surface area contributed by atoms with Gasteiger partial charge in [0, 0.05) is 19.6 Å². The van der Waals surface area contributed by atoms with Gasteiger partial charge in [0.05, 0.1) is 19.0 Å². The third-order valence-electron chi connectivity index (χ3n) is 4.55. The second-order valence-corrected chi connectivity index (χ2v) is 7.38. The van der Waals surface area contributed by atoms with Crippen molar-refractivity contribution in [2.24, 2.45) is 0 Å². The van der Waals surface area contributed by atoms with Gasteiger partial charge in [0.25, 0.3) is 0 Å². The molecule has 0 bridgehead atoms. The lowest BCUT2D eigenvalue weighted by Gasteiger charge is -2.26. The number of aryl methyl sites for hydroxylation is 2. The van der Waals surface area contributed by atoms with Gasteiger partial charge in [-0.15, -0.1) is 10.2 Å². The van der Waals surface area contributed by atoms with Gasteiger partial charge in [-0.1, -0.05) is 30.0 Å². The molecule has 1 saturated heterocycles. The number of hydrogen-bond donors (Lipinski definition) is 0. The maximum Gasteiger partial charge on any atom is 0.233 e. The van der Waals surface area contributed by atoms with Crippen molar-refractivity contribution in [3.05, 3.63) is 35.2 Å². The van der Waals surface area contributed by atoms with E-state index in [-0.39, 0.29) is 5.91 Å². The number of thioether (sulfide) groups is 1. The molecule has 0 unspecified atom stereocenters. The number of carbonyl (C=O) groups is 1. The highest BCUT2D eigenvalue weighted by Crippen LogP contribution is 2.24. The van der Waals surface area contributed by atoms with Crippen molar-refractivity contribution in [2.75, 3.05) is 32.1 Å². The lowest BCUT2D eigenvalue weighted by molar-refractivity contribution is -0.132. The van der Waals surface area contributed by atoms with Gasteiger partial charge in [0.1, 0.15) is 12.4 Å². The summed E-state index contributed by atoms with van der Waals surface area (Å²) in [4.78, 5) is 14.2. The normalized spacial score (nSPS) is 14.4. The van der Waals surface area contributed by atoms with Crippen LogP contribution in [-0.4, -0.2) is 57.6 Å². The van der Waals surface area contributed by atoms with Crippen LogP contribution in [0.5, 0.6) is 5.75 Å². The van der Waals surface area contributed by atoms with E-state index in [1.54, 1.807) is 0 Å². The van der Waals surface area contributed by atoms with Crippen molar-refractivity contribution in [1.82, 2.24) is 19.7 Å². The summed E-state index contributed by atoms with van der Waals surface area (Å²) >= 11 is 1.42. The Kier molecular flexibility index (Phi) is 6.73. The number of aromatic nitrogens is 3. The van der Waals surface area contributed by atoms with Gasteiger partial charge in [-0.2, -0.15) is 0 Å². The van der Waals surface area contributed by atoms with E-state index in [0.717, 1.165) is 34.4 Å². The SMILES string of the molecule is CCn1c(COc2c(C)cccc2C)nnc1SCC(=O)N1CCOCC1. The Bertz CT molecular complexity index is 767. The smallest absolute Gasteiger partial charge is 0.233 e. The summed E-state index contributed by atoms with van der Waals surface area (Å²) in [6.07, 6.45) is 0. The summed E-state index contributed by atoms with van der Waals surface area (Å²) in [5.41, 5.74) is 2.20. The summed E-state index contributed by atoms with van der Waals surface area (Å²) in [6, 6.07) is 6.09. The second kappa shape index (κ2) is 9.23. The van der Waals surface area contributed by atoms with Crippen LogP contribution >= 0.6 is 11.8 Å². The first-order chi connectivity index (χ1) is 13.1. The molecule has 1 aromatic heterocycles. The van der Waals surface area contributed by atoms with Crippen LogP contribution in [0.15, 0.2) is 23.4 Å². The van der Waals surface area contributed by atoms with Gasteiger partial charge in [0.15, 0.2) is 11.0 Å². The van der Waals surface area contributed by atoms with Crippen LogP contribution in [0.1, 0.15) is 23.9 Å². The highest BCUT2D eigenvalue weighted by molar-refractivity contribution is 7.99. The minimum Gasteiger partial charge on any atom is -0.485 e. The molecule has 0 atom stereocenters. The van der Waals surface area contributed by atoms with E-state index in [0.29, 0.717) is 38.7 Å². The molecule has 1 amide bonds. The first-order valence-corrected chi connectivity index (χ1v) is 10.2. The molecule has 7 nitrogen and oxygen atoms in total. The molecule has 2 aromatic rings. The van der Waals surface area contributed by atoms with Crippen molar-refractivity contribution in [3.8, 4) is 5.75 Å². The fourth-order valence-electron chi connectivity index (χ4n) is 3.04. The lowest BCUT2D eigenvalue weighted by Crippen LogP contribution is -2.41. The first kappa shape index (κ1) is 19.7. The first-order valence-electron chi connectivity index (χ1n) is 9.19. The van der Waals surface area contributed by atoms with Crippen molar-refractivity contribution in [1.29, 1.82) is 0 Å². The molecule has 0 spiro atoms. The summed E-state index contributed by atoms with van der Waals surface area (Å²) in [5, 5.41) is 9.29. The molecule has 27 heavy (non-hydrogen) atoms. The van der Waals surface area contributed by atoms with E-state index < -0.39 is 0 Å². The van der Waals surface area contributed by atoms with E-state index in [4.69, 9.17) is 9.47 Å². The predicted molar refractivity (Wildman–Crippen MR) is 104 cm³/mol. The summed E-state index contributed by atoms with van der Waals surface area (Å²) in [6.45, 7) is 9.74. The zero-order valence-electron chi connectivity index (χ0n) is 16.1. The lowest BCUT2D eigenvalue weighted by atomic mass is 10.1. The Balaban J connectivity index is 1.61. The molecule has 0 radical (unpaired) electrons. The molecule has 1 aliphatic heterocycles. The molecule has 146 valence electrons. The number of rotatable bonds is 7. The Hall–Kier alpha value is -2.06. The van der Waals surface area contributed by atoms with Crippen LogP contribution in [0.2, 0.25) is 0 Å². The summed E-state index contributed by atoms with van der Waals surface area (Å²) in [5.74, 6) is 2.12. The zero-order valence-corrected chi connectivity index (χ0v) is 16.9. The number of para-hydroxylation sites is 1. The minimum atomic E-state index is 0.113. The summed E-state index contributed by atoms with van der Waals surface area (Å²) in [7, 11) is 0. The van der Waals surface area contributed by atoms with E-state index in [1.165, 1.54) is 11.8 Å². The number of morpholine rings is 1. The van der Waals surface area contributed by atoms with E-state index >= 15 is 0 Å². The molecule has 8 heteroatoms. The number of ether oxygens (including phenoxy) is 2. The highest BCUT2D eigenvalue weighted by atomic mass is 32.2. The van der Waals surface area contributed by atoms with E-state index in [1.807, 2.05) is 48.4 Å². The minimum absolute atomic E-state index is 0.113. The Morgan fingerprint density at radius 1 is 1.22 bits per heavy atom. The van der Waals surface area contributed by atoms with Gasteiger partial charge in [0.2, 0.25) is 5.91 Å². The van der Waals surface area contributed by atoms with Crippen molar-refractivity contribution in [3.63, 3.8) is 0 Å². The Morgan fingerprint density at radius 2 is 1.93 bits per heavy atom. The van der Waals surface area contributed by atoms with Crippen LogP contribution < -0.4 is 4.74 Å². The monoisotopic (exact) mass is 390 g/mol.